The molecule has 0 saturated carbocycles. The molecule has 2 heterocycles. The molecule has 180 valence electrons. The fourth-order valence-electron chi connectivity index (χ4n) is 3.92. The summed E-state index contributed by atoms with van der Waals surface area (Å²) < 4.78 is 28.9. The number of benzene rings is 1. The number of aromatic nitrogens is 2. The highest BCUT2D eigenvalue weighted by Crippen LogP contribution is 2.18. The van der Waals surface area contributed by atoms with Crippen molar-refractivity contribution in [2.45, 2.75) is 43.6 Å². The maximum absolute atomic E-state index is 13.0. The molecule has 10 heteroatoms. The molecule has 2 N–H and O–H groups in total. The van der Waals surface area contributed by atoms with E-state index in [1.54, 1.807) is 11.6 Å². The number of rotatable bonds is 7. The molecule has 1 aliphatic rings. The smallest absolute Gasteiger partial charge is 0.262 e. The summed E-state index contributed by atoms with van der Waals surface area (Å²) in [6.07, 6.45) is 6.30. The van der Waals surface area contributed by atoms with Crippen molar-refractivity contribution in [1.29, 1.82) is 0 Å². The second kappa shape index (κ2) is 11.9. The topological polar surface area (TPSA) is 113 Å². The lowest BCUT2D eigenvalue weighted by atomic mass is 9.98. The quantitative estimate of drug-likeness (QED) is 0.589. The minimum absolute atomic E-state index is 0.0343. The van der Waals surface area contributed by atoms with Gasteiger partial charge in [0.15, 0.2) is 5.03 Å². The first-order valence-corrected chi connectivity index (χ1v) is 12.9. The van der Waals surface area contributed by atoms with E-state index in [0.29, 0.717) is 32.4 Å². The Bertz CT molecular complexity index is 1020. The summed E-state index contributed by atoms with van der Waals surface area (Å²) in [5.74, 6) is -0.546. The van der Waals surface area contributed by atoms with Crippen molar-refractivity contribution in [3.63, 3.8) is 0 Å². The first-order chi connectivity index (χ1) is 15.9. The fourth-order valence-corrected chi connectivity index (χ4v) is 5.37. The fraction of sp³-hybridized carbons (Fsp3) is 0.522. The van der Waals surface area contributed by atoms with Crippen LogP contribution in [0.2, 0.25) is 0 Å². The maximum atomic E-state index is 13.0. The lowest BCUT2D eigenvalue weighted by molar-refractivity contribution is -0.126. The van der Waals surface area contributed by atoms with Gasteiger partial charge in [-0.25, -0.2) is 13.4 Å². The Balaban J connectivity index is 1.56. The number of amides is 2. The summed E-state index contributed by atoms with van der Waals surface area (Å²) >= 11 is 0. The minimum Gasteiger partial charge on any atom is -0.356 e. The molecular weight excluding hydrogens is 442 g/mol. The zero-order valence-corrected chi connectivity index (χ0v) is 19.9. The predicted octanol–water partition coefficient (Wildman–Crippen LogP) is 1.47. The van der Waals surface area contributed by atoms with Crippen molar-refractivity contribution < 1.29 is 18.0 Å². The first kappa shape index (κ1) is 24.9. The van der Waals surface area contributed by atoms with E-state index in [-0.39, 0.29) is 42.3 Å². The molecule has 2 amide bonds. The van der Waals surface area contributed by atoms with Crippen LogP contribution in [0.1, 0.15) is 37.7 Å². The molecule has 2 aromatic rings. The second-order valence-corrected chi connectivity index (χ2v) is 10.3. The summed E-state index contributed by atoms with van der Waals surface area (Å²) in [5, 5.41) is 5.78. The molecule has 1 aromatic heterocycles. The lowest BCUT2D eigenvalue weighted by Crippen LogP contribution is -2.36. The van der Waals surface area contributed by atoms with Crippen molar-refractivity contribution in [1.82, 2.24) is 24.5 Å². The van der Waals surface area contributed by atoms with Crippen LogP contribution in [0, 0.1) is 5.92 Å². The van der Waals surface area contributed by atoms with Crippen molar-refractivity contribution in [3.8, 4) is 0 Å². The Kier molecular flexibility index (Phi) is 9.02. The van der Waals surface area contributed by atoms with Gasteiger partial charge in [-0.1, -0.05) is 30.3 Å². The third-order valence-corrected chi connectivity index (χ3v) is 7.59. The molecule has 0 radical (unpaired) electrons. The SMILES string of the molecule is Cn1cnc(S(=O)(=O)N2CCCC(C(=O)NCCCc3ccccc3)CCNC(=O)CC2)c1. The van der Waals surface area contributed by atoms with E-state index in [2.05, 4.69) is 27.8 Å². The highest BCUT2D eigenvalue weighted by atomic mass is 32.2. The zero-order valence-electron chi connectivity index (χ0n) is 19.1. The Morgan fingerprint density at radius 3 is 2.73 bits per heavy atom. The van der Waals surface area contributed by atoms with E-state index in [4.69, 9.17) is 0 Å². The van der Waals surface area contributed by atoms with E-state index in [9.17, 15) is 18.0 Å². The summed E-state index contributed by atoms with van der Waals surface area (Å²) in [5.41, 5.74) is 1.23. The van der Waals surface area contributed by atoms with Crippen LogP contribution in [0.3, 0.4) is 0 Å². The molecule has 33 heavy (non-hydrogen) atoms. The van der Waals surface area contributed by atoms with Crippen LogP contribution in [-0.4, -0.2) is 60.3 Å². The van der Waals surface area contributed by atoms with Gasteiger partial charge >= 0.3 is 0 Å². The van der Waals surface area contributed by atoms with Gasteiger partial charge in [0.05, 0.1) is 6.33 Å². The number of carbonyl (C=O) groups excluding carboxylic acids is 2. The Morgan fingerprint density at radius 2 is 2.00 bits per heavy atom. The van der Waals surface area contributed by atoms with Crippen LogP contribution >= 0.6 is 0 Å². The lowest BCUT2D eigenvalue weighted by Gasteiger charge is -2.21. The summed E-state index contributed by atoms with van der Waals surface area (Å²) in [6, 6.07) is 10.1. The van der Waals surface area contributed by atoms with Gasteiger partial charge in [0.25, 0.3) is 10.0 Å². The average Bonchev–Trinajstić information content (AvgIpc) is 3.23. The highest BCUT2D eigenvalue weighted by Gasteiger charge is 2.28. The van der Waals surface area contributed by atoms with Crippen LogP contribution in [-0.2, 0) is 33.1 Å². The zero-order chi connectivity index (χ0) is 23.7. The number of carbonyl (C=O) groups is 2. The van der Waals surface area contributed by atoms with Gasteiger partial charge in [0.2, 0.25) is 11.8 Å². The highest BCUT2D eigenvalue weighted by molar-refractivity contribution is 7.89. The summed E-state index contributed by atoms with van der Waals surface area (Å²) in [4.78, 5) is 28.9. The van der Waals surface area contributed by atoms with Crippen LogP contribution in [0.25, 0.3) is 0 Å². The van der Waals surface area contributed by atoms with E-state index in [1.165, 1.54) is 22.4 Å². The first-order valence-electron chi connectivity index (χ1n) is 11.4. The van der Waals surface area contributed by atoms with E-state index in [1.807, 2.05) is 18.2 Å². The van der Waals surface area contributed by atoms with Gasteiger partial charge in [-0.05, 0) is 37.7 Å². The number of nitrogens with zero attached hydrogens (tertiary/aromatic N) is 3. The van der Waals surface area contributed by atoms with Crippen molar-refractivity contribution in [3.05, 3.63) is 48.4 Å². The Morgan fingerprint density at radius 1 is 1.21 bits per heavy atom. The molecule has 0 bridgehead atoms. The minimum atomic E-state index is -3.81. The summed E-state index contributed by atoms with van der Waals surface area (Å²) in [7, 11) is -2.10. The number of imidazole rings is 1. The third-order valence-electron chi connectivity index (χ3n) is 5.80. The number of aryl methyl sites for hydroxylation is 2. The molecule has 0 aliphatic carbocycles. The largest absolute Gasteiger partial charge is 0.356 e. The number of nitrogens with one attached hydrogen (secondary N) is 2. The monoisotopic (exact) mass is 475 g/mol. The molecule has 1 aromatic carbocycles. The molecular formula is C23H33N5O4S. The summed E-state index contributed by atoms with van der Waals surface area (Å²) in [6.45, 7) is 1.30. The average molecular weight is 476 g/mol. The van der Waals surface area contributed by atoms with Crippen LogP contribution in [0.4, 0.5) is 0 Å². The van der Waals surface area contributed by atoms with Gasteiger partial charge < -0.3 is 15.2 Å². The number of hydrogen-bond acceptors (Lipinski definition) is 5. The molecule has 1 aliphatic heterocycles. The van der Waals surface area contributed by atoms with E-state index < -0.39 is 10.0 Å². The van der Waals surface area contributed by atoms with Gasteiger partial charge in [0, 0.05) is 51.8 Å². The number of hydrogen-bond donors (Lipinski definition) is 2. The molecule has 1 fully saturated rings. The van der Waals surface area contributed by atoms with E-state index >= 15 is 0 Å². The second-order valence-electron chi connectivity index (χ2n) is 8.39. The van der Waals surface area contributed by atoms with Gasteiger partial charge in [-0.15, -0.1) is 0 Å². The maximum Gasteiger partial charge on any atom is 0.262 e. The molecule has 3 rings (SSSR count). The predicted molar refractivity (Wildman–Crippen MR) is 125 cm³/mol. The molecule has 9 nitrogen and oxygen atoms in total. The molecule has 0 spiro atoms. The third kappa shape index (κ3) is 7.40. The van der Waals surface area contributed by atoms with Gasteiger partial charge in [-0.3, -0.25) is 9.59 Å². The molecule has 1 saturated heterocycles. The normalized spacial score (nSPS) is 18.8. The molecule has 1 unspecified atom stereocenters. The van der Waals surface area contributed by atoms with Crippen LogP contribution < -0.4 is 10.6 Å². The van der Waals surface area contributed by atoms with Crippen molar-refractivity contribution in [2.75, 3.05) is 26.2 Å². The number of sulfonamides is 1. The van der Waals surface area contributed by atoms with Gasteiger partial charge in [-0.2, -0.15) is 4.31 Å². The Hall–Kier alpha value is -2.72. The van der Waals surface area contributed by atoms with Crippen molar-refractivity contribution >= 4 is 21.8 Å². The van der Waals surface area contributed by atoms with Crippen LogP contribution in [0.15, 0.2) is 47.9 Å². The van der Waals surface area contributed by atoms with Gasteiger partial charge in [0.1, 0.15) is 0 Å². The Labute approximate surface area is 195 Å². The van der Waals surface area contributed by atoms with Crippen molar-refractivity contribution in [2.24, 2.45) is 13.0 Å². The van der Waals surface area contributed by atoms with E-state index in [0.717, 1.165) is 12.8 Å². The standard InChI is InChI=1S/C23H33N5O4S/c1-27-17-22(26-18-27)33(31,32)28-15-6-10-20(11-14-24-21(29)12-16-28)23(30)25-13-5-9-19-7-3-2-4-8-19/h2-4,7-8,17-18,20H,5-6,9-16H2,1H3,(H,24,29)(H,25,30). The molecule has 1 atom stereocenters. The van der Waals surface area contributed by atoms with Crippen LogP contribution in [0.5, 0.6) is 0 Å².